The third-order valence-corrected chi connectivity index (χ3v) is 25.5. The molecular formula is C66H106O20S10. The monoisotopic (exact) mass is 1540 g/mol. The molecule has 0 saturated heterocycles. The van der Waals surface area contributed by atoms with E-state index in [9.17, 15) is 47.9 Å². The van der Waals surface area contributed by atoms with Gasteiger partial charge in [-0.2, -0.15) is 0 Å². The fraction of sp³-hybridized carbons (Fsp3) is 0.545. The molecule has 0 rings (SSSR count). The maximum atomic E-state index is 11.1. The molecule has 96 heavy (non-hydrogen) atoms. The second-order valence-corrected chi connectivity index (χ2v) is 33.7. The molecule has 0 amide bonds. The molecule has 0 N–H and O–H groups in total. The first-order valence-corrected chi connectivity index (χ1v) is 40.7. The van der Waals surface area contributed by atoms with Crippen LogP contribution in [0.25, 0.3) is 0 Å². The molecule has 0 saturated carbocycles. The van der Waals surface area contributed by atoms with Gasteiger partial charge in [-0.25, -0.2) is 47.9 Å². The van der Waals surface area contributed by atoms with Gasteiger partial charge in [-0.05, 0) is 94.9 Å². The van der Waals surface area contributed by atoms with Crippen LogP contribution in [0.3, 0.4) is 0 Å². The van der Waals surface area contributed by atoms with E-state index in [-0.39, 0.29) is 71.2 Å². The van der Waals surface area contributed by atoms with Gasteiger partial charge in [0.05, 0.1) is 26.4 Å². The summed E-state index contributed by atoms with van der Waals surface area (Å²) in [6, 6.07) is 0. The van der Waals surface area contributed by atoms with Gasteiger partial charge in [0.2, 0.25) is 0 Å². The topological polar surface area (TPSA) is 263 Å². The first-order chi connectivity index (χ1) is 44.3. The molecule has 0 radical (unpaired) electrons. The van der Waals surface area contributed by atoms with Crippen molar-refractivity contribution in [3.05, 3.63) is 127 Å². The van der Waals surface area contributed by atoms with Gasteiger partial charge in [0.25, 0.3) is 0 Å². The third kappa shape index (κ3) is 75.4. The number of ether oxygens (including phenoxy) is 10. The van der Waals surface area contributed by atoms with E-state index in [0.717, 1.165) is 85.8 Å². The molecule has 0 heterocycles. The Balaban J connectivity index is -0.000000206. The SMILES string of the molecule is C.C.C=CC(=O)OC(C)C(C)SSC(C)C(C)OC(=O)C=C.C=CC(=O)OC(C)CSSCC(C)OC(=O)C=C.C=CC(=O)OCCC(C)(C)SSC(C)(C)CCOC(=O)C=C.C=CC(=O)OCCCSSCCCOC(=O)C=C.C=CC(=O)OCCSSCCOC(=O)C=C. The Hall–Kier alpha value is -4.40. The summed E-state index contributed by atoms with van der Waals surface area (Å²) in [6.07, 6.45) is 13.9. The number of carbonyl (C=O) groups is 10. The van der Waals surface area contributed by atoms with Crippen LogP contribution >= 0.6 is 108 Å². The molecule has 0 aromatic heterocycles. The predicted octanol–water partition coefficient (Wildman–Crippen LogP) is 15.9. The van der Waals surface area contributed by atoms with E-state index < -0.39 is 47.8 Å². The van der Waals surface area contributed by atoms with Crippen molar-refractivity contribution in [2.75, 3.05) is 74.2 Å². The van der Waals surface area contributed by atoms with E-state index in [1.54, 1.807) is 108 Å². The lowest BCUT2D eigenvalue weighted by atomic mass is 10.1. The van der Waals surface area contributed by atoms with Crippen molar-refractivity contribution in [2.24, 2.45) is 0 Å². The molecule has 0 aliphatic rings. The molecule has 20 nitrogen and oxygen atoms in total. The third-order valence-electron chi connectivity index (χ3n) is 9.89. The van der Waals surface area contributed by atoms with Crippen molar-refractivity contribution in [3.63, 3.8) is 0 Å². The summed E-state index contributed by atoms with van der Waals surface area (Å²) in [5.74, 6) is 0.538. The van der Waals surface area contributed by atoms with Gasteiger partial charge >= 0.3 is 59.7 Å². The van der Waals surface area contributed by atoms with Gasteiger partial charge in [-0.15, -0.1) is 0 Å². The number of esters is 10. The van der Waals surface area contributed by atoms with Crippen LogP contribution in [0, 0.1) is 0 Å². The zero-order valence-electron chi connectivity index (χ0n) is 55.9. The second-order valence-electron chi connectivity index (χ2n) is 19.2. The van der Waals surface area contributed by atoms with Crippen molar-refractivity contribution >= 4 is 168 Å². The minimum Gasteiger partial charge on any atom is -0.463 e. The zero-order chi connectivity index (χ0) is 72.8. The summed E-state index contributed by atoms with van der Waals surface area (Å²) in [6.45, 7) is 55.3. The fourth-order valence-corrected chi connectivity index (χ4v) is 16.1. The molecule has 0 fully saturated rings. The number of rotatable bonds is 49. The van der Waals surface area contributed by atoms with Gasteiger partial charge in [0, 0.05) is 115 Å². The summed E-state index contributed by atoms with van der Waals surface area (Å²) in [7, 11) is 16.4. The first kappa shape index (κ1) is 105. The summed E-state index contributed by atoms with van der Waals surface area (Å²) in [4.78, 5) is 109. The Morgan fingerprint density at radius 2 is 0.552 bits per heavy atom. The van der Waals surface area contributed by atoms with Gasteiger partial charge < -0.3 is 47.4 Å². The summed E-state index contributed by atoms with van der Waals surface area (Å²) in [5.41, 5.74) is 0. The smallest absolute Gasteiger partial charge is 0.330 e. The van der Waals surface area contributed by atoms with Gasteiger partial charge in [0.15, 0.2) is 0 Å². The number of hydrogen-bond acceptors (Lipinski definition) is 30. The summed E-state index contributed by atoms with van der Waals surface area (Å²) < 4.78 is 49.5. The molecule has 0 bridgehead atoms. The molecule has 0 aliphatic heterocycles. The van der Waals surface area contributed by atoms with E-state index in [2.05, 4.69) is 93.5 Å². The van der Waals surface area contributed by atoms with Gasteiger partial charge in [-0.1, -0.05) is 189 Å². The van der Waals surface area contributed by atoms with Crippen molar-refractivity contribution < 1.29 is 95.3 Å². The number of hydrogen-bond donors (Lipinski definition) is 0. The maximum Gasteiger partial charge on any atom is 0.330 e. The molecule has 30 heteroatoms. The summed E-state index contributed by atoms with van der Waals surface area (Å²) >= 11 is 0. The van der Waals surface area contributed by atoms with Crippen LogP contribution in [0.4, 0.5) is 0 Å². The van der Waals surface area contributed by atoms with Gasteiger partial charge in [0.1, 0.15) is 37.6 Å². The Morgan fingerprint density at radius 1 is 0.323 bits per heavy atom. The Labute approximate surface area is 613 Å². The highest BCUT2D eigenvalue weighted by Crippen LogP contribution is 2.46. The van der Waals surface area contributed by atoms with Crippen molar-refractivity contribution in [3.8, 4) is 0 Å². The van der Waals surface area contributed by atoms with Crippen LogP contribution in [0.5, 0.6) is 0 Å². The maximum absolute atomic E-state index is 11.1. The lowest BCUT2D eigenvalue weighted by Crippen LogP contribution is -2.25. The lowest BCUT2D eigenvalue weighted by Gasteiger charge is -2.29. The van der Waals surface area contributed by atoms with Crippen molar-refractivity contribution in [1.82, 2.24) is 0 Å². The molecule has 550 valence electrons. The zero-order valence-corrected chi connectivity index (χ0v) is 64.0. The standard InChI is InChI=1S/C16H26O4S2.C14H22O4S2.2C12H18O4S2.C10H14O4S2.2CH4/c1-7-13(17)19-11-9-15(3,4)21-22-16(5,6)10-12-20-14(18)8-2;1-7-13(15)17-9(3)11(5)19-20-12(6)10(4)18-14(16)8-2;1-5-11(13)15-9(3)7-17-18-8-10(4)16-12(14)6-2;1-3-11(13)15-7-5-9-17-18-10-6-8-16-12(14)4-2;1-3-9(11)13-5-7-15-16-8-6-14-10(12)4-2;;/h7-8H,1-2,9-12H2,3-6H3;7-12H,1-2H2,3-6H3;5-6,9-10H,1-2,7-8H2,3-4H3;3-4H,1-2,5-10H2;3-4H,1-2,5-8H2;2*1H4. The highest BCUT2D eigenvalue weighted by molar-refractivity contribution is 8.78. The molecule has 6 unspecified atom stereocenters. The quantitative estimate of drug-likeness (QED) is 0.0180. The summed E-state index contributed by atoms with van der Waals surface area (Å²) in [5, 5.41) is 0.238. The molecule has 6 atom stereocenters. The van der Waals surface area contributed by atoms with E-state index in [1.165, 1.54) is 12.2 Å². The van der Waals surface area contributed by atoms with Crippen LogP contribution in [-0.2, 0) is 95.3 Å². The minimum absolute atomic E-state index is 0. The van der Waals surface area contributed by atoms with E-state index in [1.807, 2.05) is 41.5 Å². The second kappa shape index (κ2) is 70.5. The average Bonchev–Trinajstić information content (AvgIpc) is 1.13. The molecular weight excluding hydrogens is 1430 g/mol. The largest absolute Gasteiger partial charge is 0.463 e. The highest BCUT2D eigenvalue weighted by atomic mass is 33.1. The highest BCUT2D eigenvalue weighted by Gasteiger charge is 2.27. The van der Waals surface area contributed by atoms with Crippen LogP contribution in [0.15, 0.2) is 127 Å². The Morgan fingerprint density at radius 3 is 0.812 bits per heavy atom. The molecule has 0 aliphatic carbocycles. The Kier molecular flexibility index (Phi) is 77.1. The van der Waals surface area contributed by atoms with Crippen molar-refractivity contribution in [2.45, 2.75) is 154 Å². The normalized spacial score (nSPS) is 11.9. The van der Waals surface area contributed by atoms with Gasteiger partial charge in [-0.3, -0.25) is 0 Å². The van der Waals surface area contributed by atoms with E-state index in [0.29, 0.717) is 62.7 Å². The van der Waals surface area contributed by atoms with Crippen LogP contribution in [0.2, 0.25) is 0 Å². The van der Waals surface area contributed by atoms with Crippen LogP contribution < -0.4 is 0 Å². The van der Waals surface area contributed by atoms with Crippen LogP contribution in [-0.4, -0.2) is 178 Å². The predicted molar refractivity (Wildman–Crippen MR) is 414 cm³/mol. The first-order valence-electron chi connectivity index (χ1n) is 28.8. The lowest BCUT2D eigenvalue weighted by molar-refractivity contribution is -0.142. The molecule has 0 aromatic rings. The Bertz CT molecular complexity index is 2160. The van der Waals surface area contributed by atoms with E-state index in [4.69, 9.17) is 47.4 Å². The fourth-order valence-electron chi connectivity index (χ4n) is 4.46. The minimum atomic E-state index is -0.420. The van der Waals surface area contributed by atoms with Crippen molar-refractivity contribution in [1.29, 1.82) is 0 Å². The average molecular weight is 1540 g/mol. The van der Waals surface area contributed by atoms with Crippen LogP contribution in [0.1, 0.15) is 110 Å². The number of carbonyl (C=O) groups excluding carboxylic acids is 10. The molecule has 0 spiro atoms. The van der Waals surface area contributed by atoms with E-state index >= 15 is 0 Å². The molecule has 0 aromatic carbocycles.